The first-order valence-corrected chi connectivity index (χ1v) is 1.84. The maximum atomic E-state index is 8.52. The molecule has 0 aromatic carbocycles. The molecule has 0 spiro atoms. The molecule has 0 amide bonds. The summed E-state index contributed by atoms with van der Waals surface area (Å²) in [6.45, 7) is 0. The summed E-state index contributed by atoms with van der Waals surface area (Å²) in [5, 5.41) is 0. The van der Waals surface area contributed by atoms with Gasteiger partial charge in [0, 0.05) is 9.17 Å². The second-order valence-electron chi connectivity index (χ2n) is 0.250. The van der Waals surface area contributed by atoms with Crippen molar-refractivity contribution in [3.8, 4) is 0 Å². The summed E-state index contributed by atoms with van der Waals surface area (Å²) in [6, 6.07) is 0. The van der Waals surface area contributed by atoms with E-state index in [9.17, 15) is 0 Å². The average molecular weight is 233 g/mol. The largest absolute Gasteiger partial charge is 2.00 e. The van der Waals surface area contributed by atoms with E-state index in [1.165, 1.54) is 0 Å². The van der Waals surface area contributed by atoms with Crippen LogP contribution in [0, 0.1) is 0 Å². The van der Waals surface area contributed by atoms with Gasteiger partial charge in [-0.15, -0.1) is 0 Å². The van der Waals surface area contributed by atoms with Crippen LogP contribution in [-0.4, -0.2) is 9.17 Å². The molecule has 0 heterocycles. The van der Waals surface area contributed by atoms with Gasteiger partial charge >= 0.3 is 45.7 Å². The van der Waals surface area contributed by atoms with Crippen LogP contribution in [0.2, 0.25) is 0 Å². The second kappa shape index (κ2) is 9.45. The Morgan fingerprint density at radius 3 is 1.33 bits per heavy atom. The van der Waals surface area contributed by atoms with Crippen molar-refractivity contribution in [2.45, 2.75) is 0 Å². The molecule has 0 aliphatic rings. The van der Waals surface area contributed by atoms with Crippen LogP contribution < -0.4 is 9.59 Å². The molecule has 0 aromatic rings. The van der Waals surface area contributed by atoms with E-state index < -0.39 is 9.17 Å². The van der Waals surface area contributed by atoms with E-state index in [-0.39, 0.29) is 45.7 Å². The molecule has 0 radical (unpaired) electrons. The van der Waals surface area contributed by atoms with Crippen LogP contribution >= 0.6 is 0 Å². The fraction of sp³-hybridized carbons (Fsp3) is 0. The van der Waals surface area contributed by atoms with Crippen molar-refractivity contribution in [3.63, 3.8) is 0 Å². The van der Waals surface area contributed by atoms with Crippen molar-refractivity contribution >= 4 is 9.17 Å². The molecule has 0 unspecified atom stereocenters. The maximum Gasteiger partial charge on any atom is 2.00 e. The fourth-order valence-electron chi connectivity index (χ4n) is 0. The van der Waals surface area contributed by atoms with Gasteiger partial charge in [0.15, 0.2) is 0 Å². The first kappa shape index (κ1) is 15.7. The molecule has 0 rings (SSSR count). The molecule has 0 aliphatic carbocycles. The van der Waals surface area contributed by atoms with Gasteiger partial charge in [0.1, 0.15) is 0 Å². The van der Waals surface area contributed by atoms with Crippen molar-refractivity contribution in [1.82, 2.24) is 0 Å². The predicted octanol–water partition coefficient (Wildman–Crippen LogP) is -2.88. The van der Waals surface area contributed by atoms with Gasteiger partial charge in [-0.05, 0) is 0 Å². The van der Waals surface area contributed by atoms with Gasteiger partial charge in [0.05, 0.1) is 0 Å². The summed E-state index contributed by atoms with van der Waals surface area (Å²) in [4.78, 5) is 17.0. The molecular formula is O3SiZnZr+2. The zero-order chi connectivity index (χ0) is 3.58. The first-order valence-electron chi connectivity index (χ1n) is 0.612. The van der Waals surface area contributed by atoms with Crippen molar-refractivity contribution in [1.29, 1.82) is 0 Å². The van der Waals surface area contributed by atoms with Gasteiger partial charge in [-0.1, -0.05) is 0 Å². The quantitative estimate of drug-likeness (QED) is 0.422. The van der Waals surface area contributed by atoms with Crippen molar-refractivity contribution in [3.05, 3.63) is 0 Å². The molecule has 6 heteroatoms. The Morgan fingerprint density at radius 2 is 1.33 bits per heavy atom. The van der Waals surface area contributed by atoms with Gasteiger partial charge in [-0.25, -0.2) is 0 Å². The standard InChI is InChI=1S/O3Si.Zn.Zr/c1-4(2)3;;/q-2;2*+2. The van der Waals surface area contributed by atoms with Crippen molar-refractivity contribution in [2.75, 3.05) is 0 Å². The van der Waals surface area contributed by atoms with Crippen LogP contribution in [-0.2, 0) is 50.1 Å². The Balaban J connectivity index is -0.0000000450. The van der Waals surface area contributed by atoms with Crippen molar-refractivity contribution in [2.24, 2.45) is 0 Å². The maximum absolute atomic E-state index is 8.52. The summed E-state index contributed by atoms with van der Waals surface area (Å²) in [6.07, 6.45) is 0. The minimum Gasteiger partial charge on any atom is -0.672 e. The van der Waals surface area contributed by atoms with E-state index in [0.717, 1.165) is 0 Å². The molecule has 0 saturated heterocycles. The SMILES string of the molecule is O=[Si]([O-])[O-].[Zn+2].[Zr+2]. The number of rotatable bonds is 0. The zero-order valence-electron chi connectivity index (χ0n) is 2.93. The Hall–Kier alpha value is 1.12. The summed E-state index contributed by atoms with van der Waals surface area (Å²) in [7, 11) is -3.63. The third-order valence-electron chi connectivity index (χ3n) is 0. The van der Waals surface area contributed by atoms with Crippen molar-refractivity contribution < 1.29 is 59.7 Å². The van der Waals surface area contributed by atoms with Gasteiger partial charge in [-0.2, -0.15) is 0 Å². The van der Waals surface area contributed by atoms with Crippen LogP contribution in [0.15, 0.2) is 0 Å². The molecule has 6 heavy (non-hydrogen) atoms. The molecule has 0 saturated carbocycles. The Morgan fingerprint density at radius 1 is 1.33 bits per heavy atom. The smallest absolute Gasteiger partial charge is 0.672 e. The average Bonchev–Trinajstić information content (AvgIpc) is 0.811. The summed E-state index contributed by atoms with van der Waals surface area (Å²) in [5.74, 6) is 0. The van der Waals surface area contributed by atoms with E-state index in [2.05, 4.69) is 0 Å². The summed E-state index contributed by atoms with van der Waals surface area (Å²) >= 11 is 0. The molecule has 0 aromatic heterocycles. The summed E-state index contributed by atoms with van der Waals surface area (Å²) < 4.78 is 8.52. The number of hydrogen-bond acceptors (Lipinski definition) is 3. The zero-order valence-corrected chi connectivity index (χ0v) is 9.36. The van der Waals surface area contributed by atoms with E-state index in [0.29, 0.717) is 0 Å². The molecule has 0 aliphatic heterocycles. The summed E-state index contributed by atoms with van der Waals surface area (Å²) in [5.41, 5.74) is 0. The number of hydrogen-bond donors (Lipinski definition) is 0. The van der Waals surface area contributed by atoms with Crippen LogP contribution in [0.25, 0.3) is 0 Å². The Kier molecular flexibility index (Phi) is 24.8. The van der Waals surface area contributed by atoms with Gasteiger partial charge < -0.3 is 14.1 Å². The Bertz CT molecular complexity index is 33.8. The van der Waals surface area contributed by atoms with Crippen LogP contribution in [0.1, 0.15) is 0 Å². The molecule has 3 nitrogen and oxygen atoms in total. The first-order chi connectivity index (χ1) is 1.73. The van der Waals surface area contributed by atoms with E-state index in [1.807, 2.05) is 0 Å². The normalized spacial score (nSPS) is 4.00. The van der Waals surface area contributed by atoms with Crippen LogP contribution in [0.3, 0.4) is 0 Å². The van der Waals surface area contributed by atoms with Crippen LogP contribution in [0.5, 0.6) is 0 Å². The second-order valence-corrected chi connectivity index (χ2v) is 0.750. The van der Waals surface area contributed by atoms with Gasteiger partial charge in [0.25, 0.3) is 0 Å². The van der Waals surface area contributed by atoms with Gasteiger partial charge in [-0.3, -0.25) is 0 Å². The molecule has 0 atom stereocenters. The van der Waals surface area contributed by atoms with E-state index in [1.54, 1.807) is 0 Å². The fourth-order valence-corrected chi connectivity index (χ4v) is 0. The minimum absolute atomic E-state index is 0. The van der Waals surface area contributed by atoms with Crippen LogP contribution in [0.4, 0.5) is 0 Å². The third kappa shape index (κ3) is 69.0. The predicted molar refractivity (Wildman–Crippen MR) is 6.44 cm³/mol. The van der Waals surface area contributed by atoms with Gasteiger partial charge in [0.2, 0.25) is 0 Å². The third-order valence-corrected chi connectivity index (χ3v) is 0. The monoisotopic (exact) mass is 230 g/mol. The molecule has 0 bridgehead atoms. The molecular weight excluding hydrogens is 233 g/mol. The topological polar surface area (TPSA) is 63.2 Å². The molecule has 0 fully saturated rings. The van der Waals surface area contributed by atoms with E-state index in [4.69, 9.17) is 14.1 Å². The Labute approximate surface area is 68.5 Å². The van der Waals surface area contributed by atoms with E-state index >= 15 is 0 Å². The molecule has 0 N–H and O–H groups in total. The minimum atomic E-state index is -3.63. The molecule has 26 valence electrons.